The molecule has 0 bridgehead atoms. The molecule has 0 aromatic heterocycles. The molecule has 1 aliphatic heterocycles. The number of hydrogen-bond acceptors (Lipinski definition) is 7. The molecule has 1 heterocycles. The van der Waals surface area contributed by atoms with E-state index < -0.39 is 42.4 Å². The first-order chi connectivity index (χ1) is 24.3. The number of rotatable bonds is 14. The van der Waals surface area contributed by atoms with Gasteiger partial charge in [0.05, 0.1) is 45.6 Å². The molecule has 0 spiro atoms. The number of aliphatic hydroxyl groups is 1. The van der Waals surface area contributed by atoms with Crippen LogP contribution in [-0.2, 0) is 38.5 Å². The van der Waals surface area contributed by atoms with Crippen molar-refractivity contribution in [3.05, 3.63) is 126 Å². The normalized spacial score (nSPS) is 17.8. The van der Waals surface area contributed by atoms with Crippen molar-refractivity contribution < 1.29 is 38.8 Å². The number of para-hydroxylation sites is 1. The van der Waals surface area contributed by atoms with Crippen LogP contribution in [0.3, 0.4) is 0 Å². The molecule has 4 N–H and O–H groups in total. The first kappa shape index (κ1) is 36.1. The molecule has 2 unspecified atom stereocenters. The Morgan fingerprint density at radius 2 is 1.54 bits per heavy atom. The summed E-state index contributed by atoms with van der Waals surface area (Å²) < 4.78 is 16.8. The van der Waals surface area contributed by atoms with Crippen molar-refractivity contribution in [2.45, 2.75) is 50.2 Å². The van der Waals surface area contributed by atoms with Crippen LogP contribution in [0.4, 0.5) is 15.3 Å². The second-order valence-corrected chi connectivity index (χ2v) is 12.1. The highest BCUT2D eigenvalue weighted by molar-refractivity contribution is 5.97. The maximum absolute atomic E-state index is 13.6. The topological polar surface area (TPSA) is 147 Å². The largest absolute Gasteiger partial charge is 0.465 e. The minimum Gasteiger partial charge on any atom is -0.465 e. The molecule has 50 heavy (non-hydrogen) atoms. The van der Waals surface area contributed by atoms with E-state index in [1.165, 1.54) is 12.0 Å². The molecule has 4 atom stereocenters. The Hall–Kier alpha value is -5.23. The number of hydrogen-bond donors (Lipinski definition) is 4. The van der Waals surface area contributed by atoms with Gasteiger partial charge in [0.15, 0.2) is 0 Å². The Morgan fingerprint density at radius 1 is 0.880 bits per heavy atom. The lowest BCUT2D eigenvalue weighted by molar-refractivity contribution is -0.143. The highest BCUT2D eigenvalue weighted by Crippen LogP contribution is 2.25. The van der Waals surface area contributed by atoms with Crippen LogP contribution in [0.15, 0.2) is 109 Å². The summed E-state index contributed by atoms with van der Waals surface area (Å²) in [4.78, 5) is 39.4. The lowest BCUT2D eigenvalue weighted by Crippen LogP contribution is -2.59. The number of benzene rings is 4. The summed E-state index contributed by atoms with van der Waals surface area (Å²) in [5.74, 6) is -0.417. The highest BCUT2D eigenvalue weighted by atomic mass is 16.5. The van der Waals surface area contributed by atoms with E-state index in [9.17, 15) is 24.6 Å². The Morgan fingerprint density at radius 3 is 2.22 bits per heavy atom. The molecule has 262 valence electrons. The van der Waals surface area contributed by atoms with Crippen molar-refractivity contribution in [1.29, 1.82) is 0 Å². The number of nitrogens with one attached hydrogen (secondary N) is 2. The molecule has 1 aliphatic rings. The second-order valence-electron chi connectivity index (χ2n) is 12.1. The summed E-state index contributed by atoms with van der Waals surface area (Å²) in [5, 5.41) is 25.8. The number of amides is 3. The average Bonchev–Trinajstić information content (AvgIpc) is 3.15. The van der Waals surface area contributed by atoms with Crippen LogP contribution in [0.2, 0.25) is 0 Å². The van der Waals surface area contributed by atoms with Crippen LogP contribution >= 0.6 is 0 Å². The number of carbonyl (C=O) groups is 3. The molecule has 0 saturated carbocycles. The Bertz CT molecular complexity index is 1690. The van der Waals surface area contributed by atoms with Gasteiger partial charge in [0.1, 0.15) is 12.1 Å². The van der Waals surface area contributed by atoms with Crippen molar-refractivity contribution >= 4 is 23.8 Å². The van der Waals surface area contributed by atoms with Crippen molar-refractivity contribution in [2.75, 3.05) is 32.2 Å². The monoisotopic (exact) mass is 681 g/mol. The van der Waals surface area contributed by atoms with Gasteiger partial charge < -0.3 is 35.1 Å². The molecule has 3 amide bonds. The predicted molar refractivity (Wildman–Crippen MR) is 189 cm³/mol. The summed E-state index contributed by atoms with van der Waals surface area (Å²) in [5.41, 5.74) is 5.30. The lowest BCUT2D eigenvalue weighted by Gasteiger charge is -2.42. The van der Waals surface area contributed by atoms with Gasteiger partial charge in [0.2, 0.25) is 5.91 Å². The van der Waals surface area contributed by atoms with Crippen LogP contribution in [0, 0.1) is 0 Å². The second kappa shape index (κ2) is 18.0. The molecule has 0 aliphatic carbocycles. The Kier molecular flexibility index (Phi) is 13.0. The Labute approximate surface area is 291 Å². The zero-order valence-corrected chi connectivity index (χ0v) is 27.9. The minimum absolute atomic E-state index is 0.0753. The molecule has 4 aromatic rings. The number of morpholine rings is 1. The standard InChI is InChI=1S/C39H43N3O8/c1-48-38(45)41-34(22-27-16-18-30(19-17-27)29-12-6-3-7-13-29)37(44)40-33-15-9-8-14-31(33)20-21-32-23-42(39(46)47)35(36(24-43)50-32)26-49-25-28-10-4-2-5-11-28/h2-19,32,34-36,43H,20-26H2,1H3,(H,40,44)(H,41,45)(H,46,47)/t32-,34+,35?,36?/m1/s1. The summed E-state index contributed by atoms with van der Waals surface area (Å²) in [6.07, 6.45) is -1.97. The maximum Gasteiger partial charge on any atom is 0.407 e. The van der Waals surface area contributed by atoms with E-state index in [1.807, 2.05) is 97.1 Å². The van der Waals surface area contributed by atoms with Gasteiger partial charge in [0, 0.05) is 12.1 Å². The first-order valence-electron chi connectivity index (χ1n) is 16.6. The van der Waals surface area contributed by atoms with E-state index in [1.54, 1.807) is 12.1 Å². The smallest absolute Gasteiger partial charge is 0.407 e. The van der Waals surface area contributed by atoms with Crippen LogP contribution in [0.1, 0.15) is 23.1 Å². The summed E-state index contributed by atoms with van der Waals surface area (Å²) >= 11 is 0. The quantitative estimate of drug-likeness (QED) is 0.136. The summed E-state index contributed by atoms with van der Waals surface area (Å²) in [6.45, 7) is 0.126. The van der Waals surface area contributed by atoms with E-state index in [2.05, 4.69) is 10.6 Å². The van der Waals surface area contributed by atoms with Crippen molar-refractivity contribution in [3.63, 3.8) is 0 Å². The van der Waals surface area contributed by atoms with Gasteiger partial charge in [-0.25, -0.2) is 9.59 Å². The molecule has 11 nitrogen and oxygen atoms in total. The molecule has 11 heteroatoms. The van der Waals surface area contributed by atoms with Crippen LogP contribution in [-0.4, -0.2) is 84.4 Å². The fourth-order valence-corrected chi connectivity index (χ4v) is 6.06. The molecular formula is C39H43N3O8. The predicted octanol–water partition coefficient (Wildman–Crippen LogP) is 5.52. The number of carboxylic acid groups (broad SMARTS) is 1. The number of carbonyl (C=O) groups excluding carboxylic acids is 2. The molecule has 0 radical (unpaired) electrons. The van der Waals surface area contributed by atoms with Crippen molar-refractivity contribution in [2.24, 2.45) is 0 Å². The van der Waals surface area contributed by atoms with Crippen LogP contribution in [0.5, 0.6) is 0 Å². The number of nitrogens with zero attached hydrogens (tertiary/aromatic N) is 1. The fourth-order valence-electron chi connectivity index (χ4n) is 6.06. The van der Waals surface area contributed by atoms with Crippen LogP contribution in [0.25, 0.3) is 11.1 Å². The minimum atomic E-state index is -1.11. The number of methoxy groups -OCH3 is 1. The molecule has 5 rings (SSSR count). The number of ether oxygens (including phenoxy) is 3. The Balaban J connectivity index is 1.21. The number of aliphatic hydroxyl groups excluding tert-OH is 1. The van der Waals surface area contributed by atoms with E-state index in [0.717, 1.165) is 27.8 Å². The van der Waals surface area contributed by atoms with E-state index in [-0.39, 0.29) is 26.2 Å². The van der Waals surface area contributed by atoms with E-state index in [4.69, 9.17) is 14.2 Å². The van der Waals surface area contributed by atoms with E-state index in [0.29, 0.717) is 25.1 Å². The summed E-state index contributed by atoms with van der Waals surface area (Å²) in [6, 6.07) is 33.0. The fraction of sp³-hybridized carbons (Fsp3) is 0.308. The van der Waals surface area contributed by atoms with Crippen molar-refractivity contribution in [3.8, 4) is 11.1 Å². The van der Waals surface area contributed by atoms with Gasteiger partial charge in [-0.2, -0.15) is 0 Å². The molecular weight excluding hydrogens is 638 g/mol. The third-order valence-corrected chi connectivity index (χ3v) is 8.73. The lowest BCUT2D eigenvalue weighted by atomic mass is 9.99. The molecule has 1 fully saturated rings. The van der Waals surface area contributed by atoms with Gasteiger partial charge in [-0.15, -0.1) is 0 Å². The van der Waals surface area contributed by atoms with Gasteiger partial charge in [-0.3, -0.25) is 9.69 Å². The third-order valence-electron chi connectivity index (χ3n) is 8.73. The average molecular weight is 682 g/mol. The number of aryl methyl sites for hydroxylation is 1. The maximum atomic E-state index is 13.6. The van der Waals surface area contributed by atoms with Gasteiger partial charge in [0.25, 0.3) is 0 Å². The van der Waals surface area contributed by atoms with Gasteiger partial charge in [-0.05, 0) is 46.7 Å². The zero-order valence-electron chi connectivity index (χ0n) is 27.9. The van der Waals surface area contributed by atoms with Gasteiger partial charge >= 0.3 is 12.2 Å². The highest BCUT2D eigenvalue weighted by Gasteiger charge is 2.39. The summed E-state index contributed by atoms with van der Waals surface area (Å²) in [7, 11) is 1.24. The van der Waals surface area contributed by atoms with Crippen molar-refractivity contribution in [1.82, 2.24) is 10.2 Å². The zero-order chi connectivity index (χ0) is 35.3. The molecule has 1 saturated heterocycles. The first-order valence-corrected chi connectivity index (χ1v) is 16.6. The SMILES string of the molecule is COC(=O)N[C@@H](Cc1ccc(-c2ccccc2)cc1)C(=O)Nc1ccccc1CC[C@@H]1CN(C(=O)O)C(COCc2ccccc2)C(CO)O1. The van der Waals surface area contributed by atoms with Gasteiger partial charge in [-0.1, -0.05) is 103 Å². The molecule has 4 aromatic carbocycles. The van der Waals surface area contributed by atoms with Crippen LogP contribution < -0.4 is 10.6 Å². The number of anilines is 1. The third kappa shape index (κ3) is 9.91. The van der Waals surface area contributed by atoms with E-state index >= 15 is 0 Å². The number of alkyl carbamates (subject to hydrolysis) is 1.